The van der Waals surface area contributed by atoms with Crippen LogP contribution in [-0.2, 0) is 25.5 Å². The number of carbonyl (C=O) groups excluding carboxylic acids is 3. The summed E-state index contributed by atoms with van der Waals surface area (Å²) in [6.07, 6.45) is 6.99. The first-order valence-corrected chi connectivity index (χ1v) is 10.5. The number of nitrogens with zero attached hydrogens (tertiary/aromatic N) is 1. The molecular formula is C24H34N2O5. The van der Waals surface area contributed by atoms with Gasteiger partial charge in [0, 0.05) is 6.42 Å². The zero-order chi connectivity index (χ0) is 23.4. The fraction of sp³-hybridized carbons (Fsp3) is 0.542. The normalized spacial score (nSPS) is 12.8. The topological polar surface area (TPSA) is 84.9 Å². The summed E-state index contributed by atoms with van der Waals surface area (Å²) in [7, 11) is 1.28. The van der Waals surface area contributed by atoms with Gasteiger partial charge in [-0.05, 0) is 32.8 Å². The average molecular weight is 431 g/mol. The number of ether oxygens (including phenoxy) is 2. The van der Waals surface area contributed by atoms with Crippen LogP contribution < -0.4 is 5.32 Å². The molecule has 0 spiro atoms. The van der Waals surface area contributed by atoms with Gasteiger partial charge in [-0.25, -0.2) is 9.59 Å². The van der Waals surface area contributed by atoms with Gasteiger partial charge in [-0.3, -0.25) is 4.79 Å². The highest BCUT2D eigenvalue weighted by Crippen LogP contribution is 2.15. The van der Waals surface area contributed by atoms with Gasteiger partial charge in [0.25, 0.3) is 0 Å². The quantitative estimate of drug-likeness (QED) is 0.455. The van der Waals surface area contributed by atoms with Gasteiger partial charge < -0.3 is 19.7 Å². The maximum atomic E-state index is 13.5. The molecule has 0 saturated carbocycles. The van der Waals surface area contributed by atoms with E-state index in [-0.39, 0.29) is 13.0 Å². The average Bonchev–Trinajstić information content (AvgIpc) is 2.71. The lowest BCUT2D eigenvalue weighted by molar-refractivity contribution is -0.153. The van der Waals surface area contributed by atoms with Gasteiger partial charge in [0.05, 0.1) is 13.7 Å². The Balaban J connectivity index is 3.23. The Bertz CT molecular complexity index is 764. The van der Waals surface area contributed by atoms with Crippen molar-refractivity contribution < 1.29 is 23.9 Å². The Labute approximate surface area is 185 Å². The minimum atomic E-state index is -0.959. The molecule has 0 unspecified atom stereocenters. The molecule has 0 aliphatic rings. The van der Waals surface area contributed by atoms with E-state index in [9.17, 15) is 14.4 Å². The van der Waals surface area contributed by atoms with Crippen LogP contribution in [0.25, 0.3) is 0 Å². The molecule has 0 fully saturated rings. The van der Waals surface area contributed by atoms with E-state index in [0.717, 1.165) is 18.4 Å². The van der Waals surface area contributed by atoms with Crippen molar-refractivity contribution in [3.8, 4) is 12.3 Å². The number of esters is 1. The molecule has 0 aliphatic carbocycles. The van der Waals surface area contributed by atoms with E-state index in [0.29, 0.717) is 6.42 Å². The molecule has 1 rings (SSSR count). The van der Waals surface area contributed by atoms with E-state index in [1.165, 1.54) is 12.0 Å². The lowest BCUT2D eigenvalue weighted by Gasteiger charge is -2.32. The number of terminal acetylenes is 1. The highest BCUT2D eigenvalue weighted by atomic mass is 16.6. The van der Waals surface area contributed by atoms with E-state index in [1.54, 1.807) is 20.8 Å². The summed E-state index contributed by atoms with van der Waals surface area (Å²) in [6.45, 7) is 7.13. The Kier molecular flexibility index (Phi) is 10.6. The number of unbranched alkanes of at least 4 members (excludes halogenated alkanes) is 1. The highest BCUT2D eigenvalue weighted by Gasteiger charge is 2.35. The van der Waals surface area contributed by atoms with Crippen LogP contribution in [-0.4, -0.2) is 54.2 Å². The van der Waals surface area contributed by atoms with Crippen molar-refractivity contribution in [2.75, 3.05) is 13.7 Å². The maximum absolute atomic E-state index is 13.5. The SMILES string of the molecule is C#CCN(C(=O)[C@H](Cc1ccccc1)NC(=O)OC(C)(C)C)[C@@H](CCCC)C(=O)OC. The van der Waals surface area contributed by atoms with Crippen molar-refractivity contribution in [1.82, 2.24) is 10.2 Å². The van der Waals surface area contributed by atoms with Crippen molar-refractivity contribution in [2.24, 2.45) is 0 Å². The van der Waals surface area contributed by atoms with Gasteiger partial charge in [0.1, 0.15) is 17.7 Å². The predicted molar refractivity (Wildman–Crippen MR) is 119 cm³/mol. The Morgan fingerprint density at radius 2 is 1.84 bits per heavy atom. The number of hydrogen-bond acceptors (Lipinski definition) is 5. The van der Waals surface area contributed by atoms with Gasteiger partial charge in [-0.15, -0.1) is 6.42 Å². The second-order valence-electron chi connectivity index (χ2n) is 8.24. The van der Waals surface area contributed by atoms with Crippen LogP contribution in [0.5, 0.6) is 0 Å². The van der Waals surface area contributed by atoms with Crippen molar-refractivity contribution >= 4 is 18.0 Å². The first kappa shape index (κ1) is 26.0. The molecule has 1 aromatic rings. The molecule has 0 saturated heterocycles. The minimum Gasteiger partial charge on any atom is -0.467 e. The number of rotatable bonds is 10. The minimum absolute atomic E-state index is 0.0798. The number of hydrogen-bond donors (Lipinski definition) is 1. The summed E-state index contributed by atoms with van der Waals surface area (Å²) >= 11 is 0. The Morgan fingerprint density at radius 3 is 2.35 bits per heavy atom. The molecule has 31 heavy (non-hydrogen) atoms. The molecule has 0 heterocycles. The highest BCUT2D eigenvalue weighted by molar-refractivity contribution is 5.90. The standard InChI is InChI=1S/C24H34N2O5/c1-7-9-15-20(22(28)30-6)26(16-8-2)21(27)19(17-18-13-11-10-12-14-18)25-23(29)31-24(3,4)5/h2,10-14,19-20H,7,9,15-17H2,1,3-6H3,(H,25,29)/t19-,20-/m0/s1. The molecule has 0 bridgehead atoms. The molecule has 1 N–H and O–H groups in total. The third-order valence-corrected chi connectivity index (χ3v) is 4.50. The van der Waals surface area contributed by atoms with Crippen LogP contribution in [0, 0.1) is 12.3 Å². The van der Waals surface area contributed by atoms with Crippen molar-refractivity contribution in [3.63, 3.8) is 0 Å². The third kappa shape index (κ3) is 9.12. The van der Waals surface area contributed by atoms with E-state index >= 15 is 0 Å². The lowest BCUT2D eigenvalue weighted by atomic mass is 10.0. The summed E-state index contributed by atoms with van der Waals surface area (Å²) < 4.78 is 10.3. The first-order chi connectivity index (χ1) is 14.6. The molecule has 0 radical (unpaired) electrons. The van der Waals surface area contributed by atoms with Crippen LogP contribution in [0.3, 0.4) is 0 Å². The smallest absolute Gasteiger partial charge is 0.408 e. The van der Waals surface area contributed by atoms with Crippen LogP contribution in [0.4, 0.5) is 4.79 Å². The van der Waals surface area contributed by atoms with E-state index in [4.69, 9.17) is 15.9 Å². The molecule has 0 aromatic heterocycles. The summed E-state index contributed by atoms with van der Waals surface area (Å²) in [5, 5.41) is 2.66. The first-order valence-electron chi connectivity index (χ1n) is 10.5. The van der Waals surface area contributed by atoms with Gasteiger partial charge in [-0.2, -0.15) is 0 Å². The van der Waals surface area contributed by atoms with Crippen LogP contribution in [0.1, 0.15) is 52.5 Å². The summed E-state index contributed by atoms with van der Waals surface area (Å²) in [5.74, 6) is 1.45. The molecular weight excluding hydrogens is 396 g/mol. The molecule has 0 aliphatic heterocycles. The number of nitrogens with one attached hydrogen (secondary N) is 1. The fourth-order valence-electron chi connectivity index (χ4n) is 3.07. The van der Waals surface area contributed by atoms with Crippen LogP contribution in [0.2, 0.25) is 0 Å². The number of methoxy groups -OCH3 is 1. The molecule has 2 amide bonds. The maximum Gasteiger partial charge on any atom is 0.408 e. The summed E-state index contributed by atoms with van der Waals surface area (Å²) in [6, 6.07) is 7.50. The zero-order valence-electron chi connectivity index (χ0n) is 19.1. The second-order valence-corrected chi connectivity index (χ2v) is 8.24. The third-order valence-electron chi connectivity index (χ3n) is 4.50. The van der Waals surface area contributed by atoms with Gasteiger partial charge in [-0.1, -0.05) is 56.0 Å². The predicted octanol–water partition coefficient (Wildman–Crippen LogP) is 3.32. The van der Waals surface area contributed by atoms with E-state index in [1.807, 2.05) is 37.3 Å². The van der Waals surface area contributed by atoms with E-state index < -0.39 is 35.7 Å². The second kappa shape index (κ2) is 12.6. The number of alkyl carbamates (subject to hydrolysis) is 1. The summed E-state index contributed by atoms with van der Waals surface area (Å²) in [5.41, 5.74) is 0.124. The Hall–Kier alpha value is -3.01. The zero-order valence-corrected chi connectivity index (χ0v) is 19.1. The Morgan fingerprint density at radius 1 is 1.19 bits per heavy atom. The number of carbonyl (C=O) groups is 3. The molecule has 1 aromatic carbocycles. The van der Waals surface area contributed by atoms with Gasteiger partial charge >= 0.3 is 12.1 Å². The monoisotopic (exact) mass is 430 g/mol. The van der Waals surface area contributed by atoms with Crippen molar-refractivity contribution in [3.05, 3.63) is 35.9 Å². The van der Waals surface area contributed by atoms with Gasteiger partial charge in [0.15, 0.2) is 0 Å². The largest absolute Gasteiger partial charge is 0.467 e. The van der Waals surface area contributed by atoms with Crippen LogP contribution in [0.15, 0.2) is 30.3 Å². The molecule has 2 atom stereocenters. The fourth-order valence-corrected chi connectivity index (χ4v) is 3.07. The lowest BCUT2D eigenvalue weighted by Crippen LogP contribution is -2.55. The summed E-state index contributed by atoms with van der Waals surface area (Å²) in [4.78, 5) is 39.7. The molecule has 7 heteroatoms. The van der Waals surface area contributed by atoms with Crippen molar-refractivity contribution in [2.45, 2.75) is 71.1 Å². The number of benzene rings is 1. The van der Waals surface area contributed by atoms with Crippen LogP contribution >= 0.6 is 0 Å². The van der Waals surface area contributed by atoms with Crippen molar-refractivity contribution in [1.29, 1.82) is 0 Å². The van der Waals surface area contributed by atoms with E-state index in [2.05, 4.69) is 11.2 Å². The van der Waals surface area contributed by atoms with Gasteiger partial charge in [0.2, 0.25) is 5.91 Å². The molecule has 170 valence electrons. The molecule has 7 nitrogen and oxygen atoms in total. The number of amides is 2.